The summed E-state index contributed by atoms with van der Waals surface area (Å²) in [6.45, 7) is 6.33. The van der Waals surface area contributed by atoms with Crippen molar-refractivity contribution in [3.63, 3.8) is 0 Å². The molecule has 0 spiro atoms. The van der Waals surface area contributed by atoms with Crippen LogP contribution in [-0.2, 0) is 46.9 Å². The predicted molar refractivity (Wildman–Crippen MR) is 43.2 cm³/mol. The summed E-state index contributed by atoms with van der Waals surface area (Å²) in [5.41, 5.74) is 0. The molecule has 0 bridgehead atoms. The first-order chi connectivity index (χ1) is 5.41. The van der Waals surface area contributed by atoms with Gasteiger partial charge in [-0.3, -0.25) is 0 Å². The molecule has 0 saturated heterocycles. The second kappa shape index (κ2) is 14.5. The van der Waals surface area contributed by atoms with Crippen molar-refractivity contribution in [2.45, 2.75) is 13.3 Å². The zero-order valence-electron chi connectivity index (χ0n) is 7.91. The first-order valence-electron chi connectivity index (χ1n) is 3.91. The van der Waals surface area contributed by atoms with Gasteiger partial charge in [-0.05, 0) is 6.42 Å². The van der Waals surface area contributed by atoms with Crippen molar-refractivity contribution < 1.29 is 46.9 Å². The molecule has 0 aliphatic rings. The van der Waals surface area contributed by atoms with E-state index in [2.05, 4.69) is 6.92 Å². The van der Waals surface area contributed by atoms with Crippen molar-refractivity contribution in [3.8, 4) is 0 Å². The molecule has 4 heteroatoms. The van der Waals surface area contributed by atoms with Crippen LogP contribution in [0, 0.1) is 6.61 Å². The standard InChI is InChI=1S/C8H17O3.Y/c1-3-4-10-7-8-11-6-5-9-2;/h8H,3-7H2,1-2H3;/q-1;+3. The molecule has 12 heavy (non-hydrogen) atoms. The fraction of sp³-hybridized carbons (Fsp3) is 0.875. The van der Waals surface area contributed by atoms with E-state index in [9.17, 15) is 0 Å². The molecule has 0 aromatic rings. The van der Waals surface area contributed by atoms with Gasteiger partial charge in [-0.15, -0.1) is 0 Å². The number of rotatable bonds is 8. The van der Waals surface area contributed by atoms with Crippen molar-refractivity contribution in [3.05, 3.63) is 6.61 Å². The van der Waals surface area contributed by atoms with Gasteiger partial charge in [0.05, 0.1) is 6.61 Å². The first-order valence-corrected chi connectivity index (χ1v) is 3.91. The Labute approximate surface area is 100 Å². The minimum Gasteiger partial charge on any atom is -0.548 e. The molecule has 0 aliphatic carbocycles. The van der Waals surface area contributed by atoms with Crippen LogP contribution in [-0.4, -0.2) is 33.5 Å². The molecule has 0 fully saturated rings. The normalized spacial score (nSPS) is 9.50. The second-order valence-corrected chi connectivity index (χ2v) is 2.11. The van der Waals surface area contributed by atoms with Gasteiger partial charge >= 0.3 is 32.7 Å². The Hall–Kier alpha value is 0.984. The van der Waals surface area contributed by atoms with Crippen LogP contribution in [0.5, 0.6) is 0 Å². The third kappa shape index (κ3) is 13.6. The van der Waals surface area contributed by atoms with Crippen LogP contribution in [0.1, 0.15) is 13.3 Å². The first kappa shape index (κ1) is 15.5. The van der Waals surface area contributed by atoms with Crippen LogP contribution in [0.3, 0.4) is 0 Å². The van der Waals surface area contributed by atoms with E-state index in [1.54, 1.807) is 13.7 Å². The molecule has 0 aromatic carbocycles. The van der Waals surface area contributed by atoms with Gasteiger partial charge in [-0.1, -0.05) is 13.5 Å². The quantitative estimate of drug-likeness (QED) is 0.479. The molecule has 0 amide bonds. The van der Waals surface area contributed by atoms with Gasteiger partial charge < -0.3 is 14.2 Å². The number of methoxy groups -OCH3 is 1. The largest absolute Gasteiger partial charge is 3.00 e. The van der Waals surface area contributed by atoms with Gasteiger partial charge in [0.15, 0.2) is 0 Å². The van der Waals surface area contributed by atoms with E-state index < -0.39 is 0 Å². The van der Waals surface area contributed by atoms with Crippen molar-refractivity contribution in [2.75, 3.05) is 33.5 Å². The van der Waals surface area contributed by atoms with E-state index in [4.69, 9.17) is 14.2 Å². The molecular weight excluding hydrogens is 233 g/mol. The molecular formula is C8H17O3Y+2. The average molecular weight is 250 g/mol. The van der Waals surface area contributed by atoms with E-state index in [1.807, 2.05) is 0 Å². The molecule has 0 saturated carbocycles. The molecule has 0 unspecified atom stereocenters. The third-order valence-corrected chi connectivity index (χ3v) is 1.06. The number of ether oxygens (including phenoxy) is 3. The number of hydrogen-bond acceptors (Lipinski definition) is 3. The minimum absolute atomic E-state index is 0. The van der Waals surface area contributed by atoms with E-state index in [1.165, 1.54) is 0 Å². The van der Waals surface area contributed by atoms with Crippen molar-refractivity contribution in [2.24, 2.45) is 0 Å². The Kier molecular flexibility index (Phi) is 18.7. The Morgan fingerprint density at radius 2 is 1.92 bits per heavy atom. The minimum atomic E-state index is 0. The van der Waals surface area contributed by atoms with Gasteiger partial charge in [0.2, 0.25) is 0 Å². The van der Waals surface area contributed by atoms with Gasteiger partial charge in [-0.25, -0.2) is 0 Å². The van der Waals surface area contributed by atoms with Crippen molar-refractivity contribution in [1.29, 1.82) is 0 Å². The van der Waals surface area contributed by atoms with E-state index in [0.717, 1.165) is 13.0 Å². The summed E-state index contributed by atoms with van der Waals surface area (Å²) >= 11 is 0. The summed E-state index contributed by atoms with van der Waals surface area (Å²) in [6.07, 6.45) is 1.05. The number of hydrogen-bond donors (Lipinski definition) is 0. The Bertz CT molecular complexity index is 63.3. The molecule has 0 rings (SSSR count). The molecule has 0 aromatic heterocycles. The summed E-state index contributed by atoms with van der Waals surface area (Å²) in [4.78, 5) is 0. The molecule has 0 atom stereocenters. The molecule has 3 nitrogen and oxygen atoms in total. The predicted octanol–water partition coefficient (Wildman–Crippen LogP) is 1.24. The summed E-state index contributed by atoms with van der Waals surface area (Å²) in [5.74, 6) is 0. The van der Waals surface area contributed by atoms with E-state index >= 15 is 0 Å². The summed E-state index contributed by atoms with van der Waals surface area (Å²) in [5, 5.41) is 0. The summed E-state index contributed by atoms with van der Waals surface area (Å²) in [7, 11) is 1.65. The summed E-state index contributed by atoms with van der Waals surface area (Å²) in [6, 6.07) is 0. The SMILES string of the molecule is CCCOC[CH-]OCCOC.[Y+3]. The zero-order chi connectivity index (χ0) is 8.36. The van der Waals surface area contributed by atoms with Gasteiger partial charge in [0.25, 0.3) is 0 Å². The molecule has 68 valence electrons. The van der Waals surface area contributed by atoms with E-state index in [-0.39, 0.29) is 32.7 Å². The van der Waals surface area contributed by atoms with Crippen LogP contribution in [0.2, 0.25) is 0 Å². The van der Waals surface area contributed by atoms with Crippen LogP contribution in [0.15, 0.2) is 0 Å². The molecule has 0 heterocycles. The van der Waals surface area contributed by atoms with Crippen LogP contribution in [0.25, 0.3) is 0 Å². The Morgan fingerprint density at radius 3 is 2.50 bits per heavy atom. The van der Waals surface area contributed by atoms with Crippen LogP contribution in [0.4, 0.5) is 0 Å². The second-order valence-electron chi connectivity index (χ2n) is 2.11. The molecule has 0 aliphatic heterocycles. The van der Waals surface area contributed by atoms with Crippen molar-refractivity contribution in [1.82, 2.24) is 0 Å². The Balaban J connectivity index is 0. The third-order valence-electron chi connectivity index (χ3n) is 1.06. The monoisotopic (exact) mass is 250 g/mol. The molecule has 0 radical (unpaired) electrons. The topological polar surface area (TPSA) is 27.7 Å². The van der Waals surface area contributed by atoms with E-state index in [0.29, 0.717) is 19.8 Å². The smallest absolute Gasteiger partial charge is 0.548 e. The van der Waals surface area contributed by atoms with Gasteiger partial charge in [0.1, 0.15) is 0 Å². The zero-order valence-corrected chi connectivity index (χ0v) is 10.8. The average Bonchev–Trinajstić information content (AvgIpc) is 2.03. The van der Waals surface area contributed by atoms with Crippen LogP contribution < -0.4 is 0 Å². The summed E-state index contributed by atoms with van der Waals surface area (Å²) < 4.78 is 15.0. The molecule has 0 N–H and O–H groups in total. The fourth-order valence-electron chi connectivity index (χ4n) is 0.539. The maximum Gasteiger partial charge on any atom is 3.00 e. The van der Waals surface area contributed by atoms with Crippen molar-refractivity contribution >= 4 is 0 Å². The van der Waals surface area contributed by atoms with Gasteiger partial charge in [-0.2, -0.15) is 6.61 Å². The Morgan fingerprint density at radius 1 is 1.17 bits per heavy atom. The van der Waals surface area contributed by atoms with Gasteiger partial charge in [0, 0.05) is 20.3 Å². The van der Waals surface area contributed by atoms with Crippen LogP contribution >= 0.6 is 0 Å². The fourth-order valence-corrected chi connectivity index (χ4v) is 0.539. The maximum absolute atomic E-state index is 5.14. The maximum atomic E-state index is 5.14.